The topological polar surface area (TPSA) is 32.3 Å². The van der Waals surface area contributed by atoms with Gasteiger partial charge in [-0.05, 0) is 25.8 Å². The van der Waals surface area contributed by atoms with Crippen molar-refractivity contribution in [2.75, 3.05) is 6.54 Å². The van der Waals surface area contributed by atoms with Crippen molar-refractivity contribution in [2.45, 2.75) is 38.3 Å². The Morgan fingerprint density at radius 1 is 1.78 bits per heavy atom. The molecule has 2 N–H and O–H groups in total. The third kappa shape index (κ3) is 1.66. The van der Waals surface area contributed by atoms with E-state index >= 15 is 0 Å². The van der Waals surface area contributed by atoms with Crippen molar-refractivity contribution in [3.63, 3.8) is 0 Å². The van der Waals surface area contributed by atoms with E-state index in [1.165, 1.54) is 6.42 Å². The maximum atomic E-state index is 9.30. The first-order valence-corrected chi connectivity index (χ1v) is 3.76. The minimum Gasteiger partial charge on any atom is -0.392 e. The van der Waals surface area contributed by atoms with Gasteiger partial charge in [-0.25, -0.2) is 0 Å². The highest BCUT2D eigenvalue weighted by Gasteiger charge is 2.20. The standard InChI is InChI=1S/C7H15NO/c1-2-7(9)6-4-3-5-8-6/h6-9H,2-5H2,1H3/t6-,7+/m1/s1. The average molecular weight is 129 g/mol. The molecule has 2 atom stereocenters. The van der Waals surface area contributed by atoms with E-state index in [1.807, 2.05) is 6.92 Å². The van der Waals surface area contributed by atoms with Crippen molar-refractivity contribution in [3.05, 3.63) is 0 Å². The van der Waals surface area contributed by atoms with Crippen molar-refractivity contribution in [1.29, 1.82) is 0 Å². The van der Waals surface area contributed by atoms with Crippen LogP contribution >= 0.6 is 0 Å². The third-order valence-corrected chi connectivity index (χ3v) is 1.98. The SMILES string of the molecule is CC[C@H](O)[C@H]1CCCN1. The Hall–Kier alpha value is -0.0800. The van der Waals surface area contributed by atoms with Crippen LogP contribution in [0.1, 0.15) is 26.2 Å². The van der Waals surface area contributed by atoms with E-state index in [2.05, 4.69) is 5.32 Å². The summed E-state index contributed by atoms with van der Waals surface area (Å²) < 4.78 is 0. The summed E-state index contributed by atoms with van der Waals surface area (Å²) in [6.45, 7) is 3.10. The molecule has 0 radical (unpaired) electrons. The molecule has 2 heteroatoms. The molecule has 0 saturated carbocycles. The number of hydrogen-bond acceptors (Lipinski definition) is 2. The van der Waals surface area contributed by atoms with Crippen LogP contribution in [0.15, 0.2) is 0 Å². The molecule has 0 aliphatic carbocycles. The van der Waals surface area contributed by atoms with E-state index in [0.717, 1.165) is 19.4 Å². The number of hydrogen-bond donors (Lipinski definition) is 2. The Morgan fingerprint density at radius 2 is 2.56 bits per heavy atom. The Labute approximate surface area is 56.3 Å². The molecule has 0 aromatic heterocycles. The normalized spacial score (nSPS) is 30.7. The van der Waals surface area contributed by atoms with Gasteiger partial charge in [0.15, 0.2) is 0 Å². The molecule has 0 spiro atoms. The predicted octanol–water partition coefficient (Wildman–Crippen LogP) is 0.509. The molecule has 1 aliphatic rings. The van der Waals surface area contributed by atoms with E-state index in [0.29, 0.717) is 6.04 Å². The smallest absolute Gasteiger partial charge is 0.0690 e. The molecular weight excluding hydrogens is 114 g/mol. The van der Waals surface area contributed by atoms with E-state index in [9.17, 15) is 5.11 Å². The van der Waals surface area contributed by atoms with Gasteiger partial charge >= 0.3 is 0 Å². The third-order valence-electron chi connectivity index (χ3n) is 1.98. The quantitative estimate of drug-likeness (QED) is 0.569. The van der Waals surface area contributed by atoms with Gasteiger partial charge in [-0.2, -0.15) is 0 Å². The summed E-state index contributed by atoms with van der Waals surface area (Å²) in [6.07, 6.45) is 3.13. The largest absolute Gasteiger partial charge is 0.392 e. The summed E-state index contributed by atoms with van der Waals surface area (Å²) in [5.41, 5.74) is 0. The van der Waals surface area contributed by atoms with Crippen molar-refractivity contribution in [2.24, 2.45) is 0 Å². The van der Waals surface area contributed by atoms with E-state index < -0.39 is 0 Å². The van der Waals surface area contributed by atoms with Crippen molar-refractivity contribution >= 4 is 0 Å². The van der Waals surface area contributed by atoms with Crippen LogP contribution in [-0.4, -0.2) is 23.8 Å². The summed E-state index contributed by atoms with van der Waals surface area (Å²) in [6, 6.07) is 0.384. The molecule has 0 aromatic rings. The van der Waals surface area contributed by atoms with Gasteiger partial charge in [-0.3, -0.25) is 0 Å². The molecular formula is C7H15NO. The number of aliphatic hydroxyl groups excluding tert-OH is 1. The van der Waals surface area contributed by atoms with E-state index in [-0.39, 0.29) is 6.10 Å². The fourth-order valence-electron chi connectivity index (χ4n) is 1.32. The van der Waals surface area contributed by atoms with Gasteiger partial charge in [0.05, 0.1) is 6.10 Å². The predicted molar refractivity (Wildman–Crippen MR) is 37.3 cm³/mol. The lowest BCUT2D eigenvalue weighted by Crippen LogP contribution is -2.33. The second kappa shape index (κ2) is 3.18. The molecule has 0 aromatic carbocycles. The lowest BCUT2D eigenvalue weighted by Gasteiger charge is -2.15. The van der Waals surface area contributed by atoms with Gasteiger partial charge in [-0.1, -0.05) is 6.92 Å². The van der Waals surface area contributed by atoms with Crippen LogP contribution < -0.4 is 5.32 Å². The fraction of sp³-hybridized carbons (Fsp3) is 1.00. The second-order valence-corrected chi connectivity index (χ2v) is 2.68. The van der Waals surface area contributed by atoms with Crippen LogP contribution in [0.5, 0.6) is 0 Å². The van der Waals surface area contributed by atoms with Crippen LogP contribution in [0.3, 0.4) is 0 Å². The first-order chi connectivity index (χ1) is 4.34. The maximum absolute atomic E-state index is 9.30. The van der Waals surface area contributed by atoms with Gasteiger partial charge in [0.25, 0.3) is 0 Å². The van der Waals surface area contributed by atoms with Gasteiger partial charge in [0.2, 0.25) is 0 Å². The van der Waals surface area contributed by atoms with Crippen LogP contribution in [0.2, 0.25) is 0 Å². The average Bonchev–Trinajstić information content (AvgIpc) is 2.37. The van der Waals surface area contributed by atoms with Crippen LogP contribution in [0, 0.1) is 0 Å². The summed E-state index contributed by atoms with van der Waals surface area (Å²) in [4.78, 5) is 0. The molecule has 1 heterocycles. The molecule has 9 heavy (non-hydrogen) atoms. The summed E-state index contributed by atoms with van der Waals surface area (Å²) in [5.74, 6) is 0. The van der Waals surface area contributed by atoms with Gasteiger partial charge in [0.1, 0.15) is 0 Å². The van der Waals surface area contributed by atoms with Crippen LogP contribution in [-0.2, 0) is 0 Å². The molecule has 2 nitrogen and oxygen atoms in total. The summed E-state index contributed by atoms with van der Waals surface area (Å²) in [7, 11) is 0. The minimum absolute atomic E-state index is 0.118. The Balaban J connectivity index is 2.24. The highest BCUT2D eigenvalue weighted by Crippen LogP contribution is 2.10. The van der Waals surface area contributed by atoms with Gasteiger partial charge < -0.3 is 10.4 Å². The highest BCUT2D eigenvalue weighted by atomic mass is 16.3. The lowest BCUT2D eigenvalue weighted by atomic mass is 10.1. The molecule has 1 fully saturated rings. The summed E-state index contributed by atoms with van der Waals surface area (Å²) in [5, 5.41) is 12.6. The molecule has 1 rings (SSSR count). The van der Waals surface area contributed by atoms with Crippen LogP contribution in [0.25, 0.3) is 0 Å². The molecule has 0 unspecified atom stereocenters. The summed E-state index contributed by atoms with van der Waals surface area (Å²) >= 11 is 0. The molecule has 0 bridgehead atoms. The second-order valence-electron chi connectivity index (χ2n) is 2.68. The van der Waals surface area contributed by atoms with Crippen molar-refractivity contribution in [1.82, 2.24) is 5.32 Å². The van der Waals surface area contributed by atoms with Crippen LogP contribution in [0.4, 0.5) is 0 Å². The molecule has 1 aliphatic heterocycles. The minimum atomic E-state index is -0.118. The number of rotatable bonds is 2. The number of aliphatic hydroxyl groups is 1. The van der Waals surface area contributed by atoms with E-state index in [1.54, 1.807) is 0 Å². The Morgan fingerprint density at radius 3 is 3.00 bits per heavy atom. The number of nitrogens with one attached hydrogen (secondary N) is 1. The van der Waals surface area contributed by atoms with Gasteiger partial charge in [0, 0.05) is 6.04 Å². The first kappa shape index (κ1) is 7.03. The Bertz CT molecular complexity index is 79.0. The monoisotopic (exact) mass is 129 g/mol. The molecule has 0 amide bonds. The van der Waals surface area contributed by atoms with Crippen molar-refractivity contribution < 1.29 is 5.11 Å². The maximum Gasteiger partial charge on any atom is 0.0690 e. The zero-order valence-corrected chi connectivity index (χ0v) is 5.93. The van der Waals surface area contributed by atoms with Crippen molar-refractivity contribution in [3.8, 4) is 0 Å². The fourth-order valence-corrected chi connectivity index (χ4v) is 1.32. The highest BCUT2D eigenvalue weighted by molar-refractivity contribution is 4.79. The Kier molecular flexibility index (Phi) is 2.49. The molecule has 54 valence electrons. The zero-order valence-electron chi connectivity index (χ0n) is 5.93. The zero-order chi connectivity index (χ0) is 6.69. The lowest BCUT2D eigenvalue weighted by molar-refractivity contribution is 0.132. The first-order valence-electron chi connectivity index (χ1n) is 3.76. The van der Waals surface area contributed by atoms with Gasteiger partial charge in [-0.15, -0.1) is 0 Å². The molecule has 1 saturated heterocycles. The van der Waals surface area contributed by atoms with E-state index in [4.69, 9.17) is 0 Å².